The fourth-order valence-corrected chi connectivity index (χ4v) is 3.16. The van der Waals surface area contributed by atoms with Crippen molar-refractivity contribution in [3.63, 3.8) is 0 Å². The first kappa shape index (κ1) is 16.2. The molecule has 2 aromatic rings. The Kier molecular flexibility index (Phi) is 5.31. The van der Waals surface area contributed by atoms with E-state index >= 15 is 0 Å². The van der Waals surface area contributed by atoms with Gasteiger partial charge in [-0.15, -0.1) is 0 Å². The van der Waals surface area contributed by atoms with E-state index in [0.29, 0.717) is 18.5 Å². The van der Waals surface area contributed by atoms with E-state index in [9.17, 15) is 8.42 Å². The lowest BCUT2D eigenvalue weighted by molar-refractivity contribution is 0.581. The van der Waals surface area contributed by atoms with Crippen LogP contribution in [0.15, 0.2) is 53.4 Å². The van der Waals surface area contributed by atoms with Crippen molar-refractivity contribution in [2.24, 2.45) is 0 Å². The van der Waals surface area contributed by atoms with Crippen LogP contribution in [0.5, 0.6) is 0 Å². The Labute approximate surface area is 131 Å². The summed E-state index contributed by atoms with van der Waals surface area (Å²) in [6, 6.07) is 16.1. The predicted octanol–water partition coefficient (Wildman–Crippen LogP) is 2.64. The van der Waals surface area contributed by atoms with E-state index in [2.05, 4.69) is 23.8 Å². The molecule has 0 aromatic heterocycles. The van der Waals surface area contributed by atoms with Gasteiger partial charge in [-0.25, -0.2) is 13.1 Å². The van der Waals surface area contributed by atoms with Crippen molar-refractivity contribution >= 4 is 10.0 Å². The van der Waals surface area contributed by atoms with Crippen LogP contribution in [0.3, 0.4) is 0 Å². The number of nitrogens with one attached hydrogen (secondary N) is 1. The third-order valence-corrected chi connectivity index (χ3v) is 4.87. The van der Waals surface area contributed by atoms with Gasteiger partial charge in [0, 0.05) is 6.54 Å². The molecule has 1 N–H and O–H groups in total. The van der Waals surface area contributed by atoms with Crippen LogP contribution in [-0.2, 0) is 22.9 Å². The lowest BCUT2D eigenvalue weighted by atomic mass is 10.1. The zero-order valence-electron chi connectivity index (χ0n) is 12.4. The first-order chi connectivity index (χ1) is 10.5. The Bertz CT molecular complexity index is 775. The van der Waals surface area contributed by atoms with E-state index in [1.165, 1.54) is 17.7 Å². The van der Waals surface area contributed by atoms with Gasteiger partial charge in [0.15, 0.2) is 0 Å². The first-order valence-corrected chi connectivity index (χ1v) is 8.61. The average Bonchev–Trinajstić information content (AvgIpc) is 2.55. The number of hydrogen-bond donors (Lipinski definition) is 1. The van der Waals surface area contributed by atoms with E-state index in [1.54, 1.807) is 12.1 Å². The van der Waals surface area contributed by atoms with Gasteiger partial charge in [-0.1, -0.05) is 37.3 Å². The minimum atomic E-state index is -3.58. The van der Waals surface area contributed by atoms with Crippen LogP contribution in [-0.4, -0.2) is 15.0 Å². The number of benzene rings is 2. The van der Waals surface area contributed by atoms with Gasteiger partial charge in [0.25, 0.3) is 0 Å². The highest BCUT2D eigenvalue weighted by atomic mass is 32.2. The van der Waals surface area contributed by atoms with Crippen LogP contribution in [0.1, 0.15) is 23.6 Å². The summed E-state index contributed by atoms with van der Waals surface area (Å²) in [6.07, 6.45) is 1.61. The Balaban J connectivity index is 1.98. The zero-order chi connectivity index (χ0) is 16.0. The molecule has 0 spiro atoms. The number of sulfonamides is 1. The highest BCUT2D eigenvalue weighted by Crippen LogP contribution is 2.11. The number of nitrogens with zero attached hydrogens (tertiary/aromatic N) is 1. The third kappa shape index (κ3) is 4.17. The van der Waals surface area contributed by atoms with Gasteiger partial charge in [-0.05, 0) is 42.2 Å². The predicted molar refractivity (Wildman–Crippen MR) is 85.9 cm³/mol. The molecule has 0 heterocycles. The van der Waals surface area contributed by atoms with Crippen molar-refractivity contribution < 1.29 is 8.42 Å². The Morgan fingerprint density at radius 1 is 1.09 bits per heavy atom. The molecule has 0 unspecified atom stereocenters. The molecule has 0 bridgehead atoms. The van der Waals surface area contributed by atoms with Crippen molar-refractivity contribution in [3.05, 3.63) is 65.2 Å². The number of aryl methyl sites for hydroxylation is 1. The molecule has 0 atom stereocenters. The van der Waals surface area contributed by atoms with Crippen molar-refractivity contribution in [1.29, 1.82) is 5.26 Å². The number of hydrogen-bond acceptors (Lipinski definition) is 3. The highest BCUT2D eigenvalue weighted by molar-refractivity contribution is 7.89. The van der Waals surface area contributed by atoms with Gasteiger partial charge in [0.2, 0.25) is 10.0 Å². The van der Waals surface area contributed by atoms with E-state index in [-0.39, 0.29) is 4.90 Å². The van der Waals surface area contributed by atoms with Crippen LogP contribution < -0.4 is 4.72 Å². The summed E-state index contributed by atoms with van der Waals surface area (Å²) in [6.45, 7) is 2.42. The zero-order valence-corrected chi connectivity index (χ0v) is 13.2. The molecule has 0 aliphatic heterocycles. The first-order valence-electron chi connectivity index (χ1n) is 7.13. The molecule has 0 saturated heterocycles. The normalized spacial score (nSPS) is 11.1. The molecule has 0 radical (unpaired) electrons. The van der Waals surface area contributed by atoms with Gasteiger partial charge < -0.3 is 0 Å². The Morgan fingerprint density at radius 3 is 2.41 bits per heavy atom. The SMILES string of the molecule is CCc1ccc(CCNS(=O)(=O)c2cccc(C#N)c2)cc1. The molecular weight excluding hydrogens is 296 g/mol. The van der Waals surface area contributed by atoms with Crippen molar-refractivity contribution in [1.82, 2.24) is 4.72 Å². The maximum Gasteiger partial charge on any atom is 0.240 e. The van der Waals surface area contributed by atoms with E-state index in [0.717, 1.165) is 12.0 Å². The minimum absolute atomic E-state index is 0.118. The molecule has 0 saturated carbocycles. The minimum Gasteiger partial charge on any atom is -0.211 e. The van der Waals surface area contributed by atoms with E-state index in [1.807, 2.05) is 18.2 Å². The van der Waals surface area contributed by atoms with Gasteiger partial charge in [-0.2, -0.15) is 5.26 Å². The van der Waals surface area contributed by atoms with Crippen LogP contribution in [0, 0.1) is 11.3 Å². The summed E-state index contributed by atoms with van der Waals surface area (Å²) >= 11 is 0. The summed E-state index contributed by atoms with van der Waals surface area (Å²) < 4.78 is 26.9. The molecule has 4 nitrogen and oxygen atoms in total. The third-order valence-electron chi connectivity index (χ3n) is 3.41. The van der Waals surface area contributed by atoms with E-state index in [4.69, 9.17) is 5.26 Å². The second-order valence-electron chi connectivity index (χ2n) is 4.96. The molecule has 0 fully saturated rings. The second kappa shape index (κ2) is 7.21. The molecule has 114 valence electrons. The Hall–Kier alpha value is -2.16. The topological polar surface area (TPSA) is 70.0 Å². The molecular formula is C17H18N2O2S. The molecule has 5 heteroatoms. The average molecular weight is 314 g/mol. The fraction of sp³-hybridized carbons (Fsp3) is 0.235. The number of nitriles is 1. The lowest BCUT2D eigenvalue weighted by Gasteiger charge is -2.07. The van der Waals surface area contributed by atoms with Gasteiger partial charge in [-0.3, -0.25) is 0 Å². The van der Waals surface area contributed by atoms with E-state index < -0.39 is 10.0 Å². The molecule has 2 rings (SSSR count). The quantitative estimate of drug-likeness (QED) is 0.891. The molecule has 0 aliphatic carbocycles. The van der Waals surface area contributed by atoms with Crippen molar-refractivity contribution in [2.45, 2.75) is 24.7 Å². The summed E-state index contributed by atoms with van der Waals surface area (Å²) in [5.74, 6) is 0. The standard InChI is InChI=1S/C17H18N2O2S/c1-2-14-6-8-15(9-7-14)10-11-19-22(20,21)17-5-3-4-16(12-17)13-18/h3-9,12,19H,2,10-11H2,1H3. The summed E-state index contributed by atoms with van der Waals surface area (Å²) in [5, 5.41) is 8.83. The summed E-state index contributed by atoms with van der Waals surface area (Å²) in [5.41, 5.74) is 2.68. The van der Waals surface area contributed by atoms with Crippen LogP contribution in [0.2, 0.25) is 0 Å². The van der Waals surface area contributed by atoms with Gasteiger partial charge >= 0.3 is 0 Å². The number of rotatable bonds is 6. The largest absolute Gasteiger partial charge is 0.240 e. The summed E-state index contributed by atoms with van der Waals surface area (Å²) in [4.78, 5) is 0.118. The monoisotopic (exact) mass is 314 g/mol. The van der Waals surface area contributed by atoms with Crippen LogP contribution in [0.25, 0.3) is 0 Å². The molecule has 0 amide bonds. The maximum atomic E-state index is 12.2. The molecule has 22 heavy (non-hydrogen) atoms. The van der Waals surface area contributed by atoms with Gasteiger partial charge in [0.1, 0.15) is 0 Å². The Morgan fingerprint density at radius 2 is 1.77 bits per heavy atom. The maximum absolute atomic E-state index is 12.2. The smallest absolute Gasteiger partial charge is 0.211 e. The van der Waals surface area contributed by atoms with Gasteiger partial charge in [0.05, 0.1) is 16.5 Å². The fourth-order valence-electron chi connectivity index (χ4n) is 2.09. The molecule has 0 aliphatic rings. The van der Waals surface area contributed by atoms with Crippen LogP contribution in [0.4, 0.5) is 0 Å². The second-order valence-corrected chi connectivity index (χ2v) is 6.72. The van der Waals surface area contributed by atoms with Crippen molar-refractivity contribution in [2.75, 3.05) is 6.54 Å². The highest BCUT2D eigenvalue weighted by Gasteiger charge is 2.13. The van der Waals surface area contributed by atoms with Crippen molar-refractivity contribution in [3.8, 4) is 6.07 Å². The summed E-state index contributed by atoms with van der Waals surface area (Å²) in [7, 11) is -3.58. The van der Waals surface area contributed by atoms with Crippen LogP contribution >= 0.6 is 0 Å². The molecule has 2 aromatic carbocycles. The lowest BCUT2D eigenvalue weighted by Crippen LogP contribution is -2.26.